The van der Waals surface area contributed by atoms with E-state index in [4.69, 9.17) is 4.98 Å². The Labute approximate surface area is 208 Å². The first-order valence-corrected chi connectivity index (χ1v) is 12.0. The summed E-state index contributed by atoms with van der Waals surface area (Å²) in [6.07, 6.45) is 8.95. The van der Waals surface area contributed by atoms with E-state index in [0.29, 0.717) is 0 Å². The number of hydrogen-bond donors (Lipinski definition) is 0. The molecule has 0 atom stereocenters. The third-order valence-electron chi connectivity index (χ3n) is 6.69. The lowest BCUT2D eigenvalue weighted by molar-refractivity contribution is 0.246. The average Bonchev–Trinajstić information content (AvgIpc) is 3.36. The largest absolute Gasteiger partial charge is 0.354 e. The maximum atomic E-state index is 13.1. The van der Waals surface area contributed by atoms with Crippen molar-refractivity contribution < 1.29 is 4.39 Å². The first kappa shape index (κ1) is 22.3. The van der Waals surface area contributed by atoms with Crippen molar-refractivity contribution in [2.24, 2.45) is 7.05 Å². The molecule has 0 radical (unpaired) electrons. The van der Waals surface area contributed by atoms with Gasteiger partial charge in [-0.05, 0) is 53.6 Å². The third-order valence-corrected chi connectivity index (χ3v) is 6.69. The van der Waals surface area contributed by atoms with Gasteiger partial charge in [-0.15, -0.1) is 0 Å². The van der Waals surface area contributed by atoms with E-state index in [0.717, 1.165) is 77.4 Å². The molecule has 5 aromatic rings. The number of piperazine rings is 1. The zero-order chi connectivity index (χ0) is 24.5. The van der Waals surface area contributed by atoms with E-state index in [9.17, 15) is 4.39 Å². The van der Waals surface area contributed by atoms with Crippen LogP contribution in [-0.4, -0.2) is 55.8 Å². The highest BCUT2D eigenvalue weighted by Gasteiger charge is 2.19. The lowest BCUT2D eigenvalue weighted by Gasteiger charge is -2.35. The van der Waals surface area contributed by atoms with Crippen LogP contribution in [0.1, 0.15) is 5.69 Å². The van der Waals surface area contributed by atoms with E-state index >= 15 is 0 Å². The van der Waals surface area contributed by atoms with Crippen LogP contribution in [0.15, 0.2) is 79.5 Å². The standard InChI is InChI=1S/C28H26FN7/c1-34-18-22(16-33-34)21-13-26(25-3-2-8-30-27(25)14-21)20-4-7-28(32-15-20)36-11-9-35(10-12-36)19-24-6-5-23(29)17-31-24/h2-8,13-18H,9-12,19H2,1H3. The molecule has 4 aromatic heterocycles. The molecule has 8 heteroatoms. The summed E-state index contributed by atoms with van der Waals surface area (Å²) in [7, 11) is 1.92. The van der Waals surface area contributed by atoms with Gasteiger partial charge in [-0.25, -0.2) is 9.37 Å². The Balaban J connectivity index is 1.21. The van der Waals surface area contributed by atoms with Crippen LogP contribution in [0.2, 0.25) is 0 Å². The highest BCUT2D eigenvalue weighted by atomic mass is 19.1. The summed E-state index contributed by atoms with van der Waals surface area (Å²) in [6.45, 7) is 4.32. The average molecular weight is 480 g/mol. The van der Waals surface area contributed by atoms with Gasteiger partial charge in [-0.1, -0.05) is 6.07 Å². The Hall–Kier alpha value is -4.17. The fourth-order valence-corrected chi connectivity index (χ4v) is 4.75. The molecule has 0 unspecified atom stereocenters. The molecule has 6 rings (SSSR count). The fraction of sp³-hybridized carbons (Fsp3) is 0.214. The molecule has 1 saturated heterocycles. The maximum absolute atomic E-state index is 13.1. The molecule has 1 aromatic carbocycles. The number of pyridine rings is 3. The fourth-order valence-electron chi connectivity index (χ4n) is 4.75. The molecular formula is C28H26FN7. The van der Waals surface area contributed by atoms with Gasteiger partial charge in [-0.3, -0.25) is 19.5 Å². The number of aryl methyl sites for hydroxylation is 1. The Kier molecular flexibility index (Phi) is 5.87. The lowest BCUT2D eigenvalue weighted by Crippen LogP contribution is -2.46. The van der Waals surface area contributed by atoms with Gasteiger partial charge < -0.3 is 4.90 Å². The zero-order valence-corrected chi connectivity index (χ0v) is 20.0. The van der Waals surface area contributed by atoms with E-state index < -0.39 is 0 Å². The Morgan fingerprint density at radius 1 is 0.833 bits per heavy atom. The summed E-state index contributed by atoms with van der Waals surface area (Å²) >= 11 is 0. The minimum atomic E-state index is -0.300. The predicted molar refractivity (Wildman–Crippen MR) is 139 cm³/mol. The highest BCUT2D eigenvalue weighted by molar-refractivity contribution is 5.98. The monoisotopic (exact) mass is 479 g/mol. The van der Waals surface area contributed by atoms with Crippen molar-refractivity contribution in [3.8, 4) is 22.3 Å². The number of fused-ring (bicyclic) bond motifs is 1. The second-order valence-corrected chi connectivity index (χ2v) is 9.13. The van der Waals surface area contributed by atoms with Crippen LogP contribution in [-0.2, 0) is 13.6 Å². The van der Waals surface area contributed by atoms with Gasteiger partial charge in [0.15, 0.2) is 0 Å². The van der Waals surface area contributed by atoms with Crippen molar-refractivity contribution in [2.45, 2.75) is 6.54 Å². The van der Waals surface area contributed by atoms with E-state index in [-0.39, 0.29) is 5.82 Å². The number of halogens is 1. The number of hydrogen-bond acceptors (Lipinski definition) is 6. The van der Waals surface area contributed by atoms with E-state index in [2.05, 4.69) is 55.2 Å². The minimum Gasteiger partial charge on any atom is -0.354 e. The number of rotatable bonds is 5. The van der Waals surface area contributed by atoms with Gasteiger partial charge in [0.25, 0.3) is 0 Å². The van der Waals surface area contributed by atoms with Crippen LogP contribution in [0, 0.1) is 5.82 Å². The number of aromatic nitrogens is 5. The molecule has 36 heavy (non-hydrogen) atoms. The van der Waals surface area contributed by atoms with Crippen molar-refractivity contribution in [1.82, 2.24) is 29.6 Å². The van der Waals surface area contributed by atoms with E-state index in [1.54, 1.807) is 6.07 Å². The van der Waals surface area contributed by atoms with Gasteiger partial charge in [0.2, 0.25) is 0 Å². The number of benzene rings is 1. The lowest BCUT2D eigenvalue weighted by atomic mass is 9.97. The summed E-state index contributed by atoms with van der Waals surface area (Å²) in [5.41, 5.74) is 6.15. The third kappa shape index (κ3) is 4.55. The smallest absolute Gasteiger partial charge is 0.141 e. The molecule has 180 valence electrons. The summed E-state index contributed by atoms with van der Waals surface area (Å²) in [6, 6.07) is 15.8. The predicted octanol–water partition coefficient (Wildman–Crippen LogP) is 4.55. The first-order valence-electron chi connectivity index (χ1n) is 12.0. The second-order valence-electron chi connectivity index (χ2n) is 9.13. The zero-order valence-electron chi connectivity index (χ0n) is 20.0. The number of anilines is 1. The topological polar surface area (TPSA) is 63.0 Å². The van der Waals surface area contributed by atoms with Crippen LogP contribution in [0.25, 0.3) is 33.2 Å². The Morgan fingerprint density at radius 2 is 1.72 bits per heavy atom. The first-order chi connectivity index (χ1) is 17.6. The highest BCUT2D eigenvalue weighted by Crippen LogP contribution is 2.33. The Morgan fingerprint density at radius 3 is 2.44 bits per heavy atom. The molecule has 5 heterocycles. The minimum absolute atomic E-state index is 0.300. The quantitative estimate of drug-likeness (QED) is 0.369. The summed E-state index contributed by atoms with van der Waals surface area (Å²) in [4.78, 5) is 18.3. The van der Waals surface area contributed by atoms with Crippen LogP contribution >= 0.6 is 0 Å². The van der Waals surface area contributed by atoms with Crippen LogP contribution < -0.4 is 4.90 Å². The van der Waals surface area contributed by atoms with Gasteiger partial charge in [0.05, 0.1) is 23.6 Å². The molecule has 0 amide bonds. The van der Waals surface area contributed by atoms with Crippen LogP contribution in [0.4, 0.5) is 10.2 Å². The molecule has 0 aliphatic carbocycles. The van der Waals surface area contributed by atoms with Crippen LogP contribution in [0.5, 0.6) is 0 Å². The molecule has 0 N–H and O–H groups in total. The van der Waals surface area contributed by atoms with Crippen molar-refractivity contribution >= 4 is 16.7 Å². The van der Waals surface area contributed by atoms with Gasteiger partial charge in [0.1, 0.15) is 11.6 Å². The second kappa shape index (κ2) is 9.47. The van der Waals surface area contributed by atoms with Crippen molar-refractivity contribution in [3.05, 3.63) is 91.0 Å². The van der Waals surface area contributed by atoms with E-state index in [1.165, 1.54) is 12.3 Å². The number of nitrogens with zero attached hydrogens (tertiary/aromatic N) is 7. The summed E-state index contributed by atoms with van der Waals surface area (Å²) < 4.78 is 14.9. The molecule has 0 saturated carbocycles. The molecule has 0 bridgehead atoms. The molecule has 1 fully saturated rings. The van der Waals surface area contributed by atoms with Crippen molar-refractivity contribution in [3.63, 3.8) is 0 Å². The molecule has 0 spiro atoms. The molecule has 7 nitrogen and oxygen atoms in total. The van der Waals surface area contributed by atoms with Gasteiger partial charge in [0, 0.05) is 74.9 Å². The molecule has 1 aliphatic rings. The normalized spacial score (nSPS) is 14.4. The molecular weight excluding hydrogens is 453 g/mol. The maximum Gasteiger partial charge on any atom is 0.141 e. The van der Waals surface area contributed by atoms with E-state index in [1.807, 2.05) is 42.6 Å². The van der Waals surface area contributed by atoms with Gasteiger partial charge >= 0.3 is 0 Å². The van der Waals surface area contributed by atoms with Gasteiger partial charge in [-0.2, -0.15) is 5.10 Å². The van der Waals surface area contributed by atoms with Crippen molar-refractivity contribution in [1.29, 1.82) is 0 Å². The SMILES string of the molecule is Cn1cc(-c2cc(-c3ccc(N4CCN(Cc5ccc(F)cn5)CC4)nc3)c3cccnc3c2)cn1. The molecule has 1 aliphatic heterocycles. The van der Waals surface area contributed by atoms with Crippen LogP contribution in [0.3, 0.4) is 0 Å². The Bertz CT molecular complexity index is 1490. The summed E-state index contributed by atoms with van der Waals surface area (Å²) in [5.74, 6) is 0.676. The van der Waals surface area contributed by atoms with Crippen molar-refractivity contribution in [2.75, 3.05) is 31.1 Å². The summed E-state index contributed by atoms with van der Waals surface area (Å²) in [5, 5.41) is 5.43.